The molecule has 0 spiro atoms. The van der Waals surface area contributed by atoms with Crippen molar-refractivity contribution in [2.75, 3.05) is 39.9 Å². The number of hydrogen-bond acceptors (Lipinski definition) is 3. The van der Waals surface area contributed by atoms with Crippen molar-refractivity contribution in [3.8, 4) is 0 Å². The summed E-state index contributed by atoms with van der Waals surface area (Å²) in [5, 5.41) is 0. The van der Waals surface area contributed by atoms with Crippen LogP contribution in [0.4, 0.5) is 0 Å². The van der Waals surface area contributed by atoms with E-state index in [0.717, 1.165) is 32.7 Å². The Hall–Kier alpha value is -0.120. The highest BCUT2D eigenvalue weighted by Gasteiger charge is 2.34. The SMILES string of the molecule is CCCCCN(C)CC1(CN)CCOC1. The zero-order valence-electron chi connectivity index (χ0n) is 10.3. The maximum absolute atomic E-state index is 5.87. The van der Waals surface area contributed by atoms with Gasteiger partial charge in [0, 0.05) is 25.1 Å². The largest absolute Gasteiger partial charge is 0.381 e. The summed E-state index contributed by atoms with van der Waals surface area (Å²) >= 11 is 0. The van der Waals surface area contributed by atoms with Crippen molar-refractivity contribution < 1.29 is 4.74 Å². The minimum atomic E-state index is 0.237. The number of hydrogen-bond donors (Lipinski definition) is 1. The fraction of sp³-hybridized carbons (Fsp3) is 1.00. The summed E-state index contributed by atoms with van der Waals surface area (Å²) in [7, 11) is 2.20. The Morgan fingerprint density at radius 3 is 2.73 bits per heavy atom. The van der Waals surface area contributed by atoms with Crippen LogP contribution in [0.1, 0.15) is 32.6 Å². The van der Waals surface area contributed by atoms with Crippen LogP contribution < -0.4 is 5.73 Å². The Morgan fingerprint density at radius 2 is 2.20 bits per heavy atom. The van der Waals surface area contributed by atoms with E-state index in [2.05, 4.69) is 18.9 Å². The number of ether oxygens (including phenoxy) is 1. The molecule has 1 fully saturated rings. The molecule has 1 saturated heterocycles. The first-order valence-corrected chi connectivity index (χ1v) is 6.19. The van der Waals surface area contributed by atoms with Gasteiger partial charge in [0.2, 0.25) is 0 Å². The number of nitrogens with zero attached hydrogens (tertiary/aromatic N) is 1. The summed E-state index contributed by atoms with van der Waals surface area (Å²) in [6.07, 6.45) is 5.05. The summed E-state index contributed by atoms with van der Waals surface area (Å²) in [5.41, 5.74) is 6.10. The minimum Gasteiger partial charge on any atom is -0.381 e. The van der Waals surface area contributed by atoms with Gasteiger partial charge in [0.05, 0.1) is 6.61 Å². The molecule has 1 aliphatic rings. The molecular weight excluding hydrogens is 188 g/mol. The van der Waals surface area contributed by atoms with Gasteiger partial charge in [0.25, 0.3) is 0 Å². The number of unbranched alkanes of at least 4 members (excludes halogenated alkanes) is 2. The van der Waals surface area contributed by atoms with E-state index in [-0.39, 0.29) is 5.41 Å². The van der Waals surface area contributed by atoms with Gasteiger partial charge in [-0.1, -0.05) is 19.8 Å². The van der Waals surface area contributed by atoms with E-state index >= 15 is 0 Å². The predicted molar refractivity (Wildman–Crippen MR) is 63.9 cm³/mol. The molecule has 15 heavy (non-hydrogen) atoms. The fourth-order valence-corrected chi connectivity index (χ4v) is 2.28. The Balaban J connectivity index is 2.25. The van der Waals surface area contributed by atoms with Crippen LogP contribution in [0.2, 0.25) is 0 Å². The normalized spacial score (nSPS) is 26.4. The van der Waals surface area contributed by atoms with Crippen LogP contribution >= 0.6 is 0 Å². The zero-order chi connectivity index (χ0) is 11.1. The van der Waals surface area contributed by atoms with Gasteiger partial charge in [-0.25, -0.2) is 0 Å². The lowest BCUT2D eigenvalue weighted by Crippen LogP contribution is -2.42. The Kier molecular flexibility index (Phi) is 5.58. The van der Waals surface area contributed by atoms with Gasteiger partial charge < -0.3 is 15.4 Å². The van der Waals surface area contributed by atoms with E-state index in [1.165, 1.54) is 25.8 Å². The van der Waals surface area contributed by atoms with Gasteiger partial charge in [0.15, 0.2) is 0 Å². The highest BCUT2D eigenvalue weighted by molar-refractivity contribution is 4.86. The van der Waals surface area contributed by atoms with Crippen molar-refractivity contribution >= 4 is 0 Å². The maximum atomic E-state index is 5.87. The molecule has 1 heterocycles. The summed E-state index contributed by atoms with van der Waals surface area (Å²) in [6.45, 7) is 7.02. The second-order valence-corrected chi connectivity index (χ2v) is 4.95. The molecule has 0 aromatic heterocycles. The molecule has 0 aromatic rings. The van der Waals surface area contributed by atoms with Crippen molar-refractivity contribution in [1.29, 1.82) is 0 Å². The minimum absolute atomic E-state index is 0.237. The van der Waals surface area contributed by atoms with E-state index in [4.69, 9.17) is 10.5 Å². The summed E-state index contributed by atoms with van der Waals surface area (Å²) < 4.78 is 5.47. The lowest BCUT2D eigenvalue weighted by atomic mass is 9.87. The monoisotopic (exact) mass is 214 g/mol. The predicted octanol–water partition coefficient (Wildman–Crippen LogP) is 1.47. The standard InChI is InChI=1S/C12H26N2O/c1-3-4-5-7-14(2)10-12(9-13)6-8-15-11-12/h3-11,13H2,1-2H3. The quantitative estimate of drug-likeness (QED) is 0.652. The first-order valence-electron chi connectivity index (χ1n) is 6.19. The lowest BCUT2D eigenvalue weighted by molar-refractivity contribution is 0.125. The molecule has 3 nitrogen and oxygen atoms in total. The highest BCUT2D eigenvalue weighted by Crippen LogP contribution is 2.28. The summed E-state index contributed by atoms with van der Waals surface area (Å²) in [5.74, 6) is 0. The van der Waals surface area contributed by atoms with E-state index in [0.29, 0.717) is 0 Å². The third kappa shape index (κ3) is 4.09. The molecule has 3 heteroatoms. The Labute approximate surface area is 94.0 Å². The van der Waals surface area contributed by atoms with E-state index in [1.807, 2.05) is 0 Å². The van der Waals surface area contributed by atoms with Crippen molar-refractivity contribution in [2.45, 2.75) is 32.6 Å². The van der Waals surface area contributed by atoms with Crippen LogP contribution in [0.15, 0.2) is 0 Å². The van der Waals surface area contributed by atoms with Crippen molar-refractivity contribution in [2.24, 2.45) is 11.1 Å². The van der Waals surface area contributed by atoms with Gasteiger partial charge in [-0.3, -0.25) is 0 Å². The van der Waals surface area contributed by atoms with Crippen LogP contribution in [-0.2, 0) is 4.74 Å². The van der Waals surface area contributed by atoms with E-state index in [9.17, 15) is 0 Å². The maximum Gasteiger partial charge on any atom is 0.0547 e. The van der Waals surface area contributed by atoms with Crippen LogP contribution in [0.25, 0.3) is 0 Å². The molecule has 0 bridgehead atoms. The Morgan fingerprint density at radius 1 is 1.40 bits per heavy atom. The average molecular weight is 214 g/mol. The van der Waals surface area contributed by atoms with Crippen molar-refractivity contribution in [3.05, 3.63) is 0 Å². The molecule has 90 valence electrons. The molecule has 1 rings (SSSR count). The first-order chi connectivity index (χ1) is 7.22. The molecule has 0 aliphatic carbocycles. The smallest absolute Gasteiger partial charge is 0.0547 e. The van der Waals surface area contributed by atoms with Gasteiger partial charge in [-0.05, 0) is 26.4 Å². The molecule has 1 atom stereocenters. The molecular formula is C12H26N2O. The highest BCUT2D eigenvalue weighted by atomic mass is 16.5. The summed E-state index contributed by atoms with van der Waals surface area (Å²) in [6, 6.07) is 0. The molecule has 2 N–H and O–H groups in total. The third-order valence-corrected chi connectivity index (χ3v) is 3.37. The van der Waals surface area contributed by atoms with E-state index < -0.39 is 0 Å². The lowest BCUT2D eigenvalue weighted by Gasteiger charge is -2.31. The third-order valence-electron chi connectivity index (χ3n) is 3.37. The molecule has 0 saturated carbocycles. The molecule has 0 aromatic carbocycles. The summed E-state index contributed by atoms with van der Waals surface area (Å²) in [4.78, 5) is 2.41. The fourth-order valence-electron chi connectivity index (χ4n) is 2.28. The zero-order valence-corrected chi connectivity index (χ0v) is 10.3. The first kappa shape index (κ1) is 12.9. The van der Waals surface area contributed by atoms with Gasteiger partial charge >= 0.3 is 0 Å². The molecule has 1 aliphatic heterocycles. The molecule has 0 radical (unpaired) electrons. The van der Waals surface area contributed by atoms with Crippen LogP contribution in [0.5, 0.6) is 0 Å². The van der Waals surface area contributed by atoms with Crippen molar-refractivity contribution in [1.82, 2.24) is 4.90 Å². The van der Waals surface area contributed by atoms with Gasteiger partial charge in [0.1, 0.15) is 0 Å². The van der Waals surface area contributed by atoms with E-state index in [1.54, 1.807) is 0 Å². The van der Waals surface area contributed by atoms with Gasteiger partial charge in [-0.2, -0.15) is 0 Å². The molecule has 0 amide bonds. The average Bonchev–Trinajstić information content (AvgIpc) is 2.67. The second kappa shape index (κ2) is 6.46. The van der Waals surface area contributed by atoms with Crippen molar-refractivity contribution in [3.63, 3.8) is 0 Å². The molecule has 1 unspecified atom stereocenters. The topological polar surface area (TPSA) is 38.5 Å². The second-order valence-electron chi connectivity index (χ2n) is 4.95. The van der Waals surface area contributed by atoms with Gasteiger partial charge in [-0.15, -0.1) is 0 Å². The van der Waals surface area contributed by atoms with Crippen LogP contribution in [0, 0.1) is 5.41 Å². The van der Waals surface area contributed by atoms with Crippen LogP contribution in [-0.4, -0.2) is 44.8 Å². The number of nitrogens with two attached hydrogens (primary N) is 1. The number of rotatable bonds is 7. The Bertz CT molecular complexity index is 167. The van der Waals surface area contributed by atoms with Crippen LogP contribution in [0.3, 0.4) is 0 Å².